The van der Waals surface area contributed by atoms with Gasteiger partial charge in [0.15, 0.2) is 0 Å². The molecule has 1 aliphatic carbocycles. The van der Waals surface area contributed by atoms with Crippen LogP contribution in [0.5, 0.6) is 0 Å². The second-order valence-electron chi connectivity index (χ2n) is 7.15. The van der Waals surface area contributed by atoms with Gasteiger partial charge in [-0.25, -0.2) is 9.18 Å². The van der Waals surface area contributed by atoms with Gasteiger partial charge in [-0.2, -0.15) is 4.98 Å². The Bertz CT molecular complexity index is 870. The van der Waals surface area contributed by atoms with Gasteiger partial charge in [0.2, 0.25) is 5.91 Å². The second kappa shape index (κ2) is 7.40. The number of aryl methyl sites for hydroxylation is 2. The molecule has 1 N–H and O–H groups in total. The van der Waals surface area contributed by atoms with Crippen molar-refractivity contribution < 1.29 is 9.18 Å². The van der Waals surface area contributed by atoms with Gasteiger partial charge >= 0.3 is 5.69 Å². The van der Waals surface area contributed by atoms with E-state index in [1.807, 2.05) is 12.1 Å². The largest absolute Gasteiger partial charge is 0.354 e. The summed E-state index contributed by atoms with van der Waals surface area (Å²) in [6, 6.07) is 8.57. The molecule has 1 heterocycles. The number of aromatic nitrogens is 2. The predicted molar refractivity (Wildman–Crippen MR) is 97.5 cm³/mol. The Balaban J connectivity index is 1.74. The Morgan fingerprint density at radius 3 is 2.62 bits per heavy atom. The minimum atomic E-state index is -0.428. The number of halogens is 1. The Morgan fingerprint density at radius 1 is 1.27 bits per heavy atom. The highest BCUT2D eigenvalue weighted by Crippen LogP contribution is 2.41. The van der Waals surface area contributed by atoms with Crippen molar-refractivity contribution >= 4 is 5.91 Å². The van der Waals surface area contributed by atoms with E-state index in [2.05, 4.69) is 10.3 Å². The van der Waals surface area contributed by atoms with Crippen molar-refractivity contribution in [2.75, 3.05) is 6.54 Å². The number of rotatable bonds is 5. The zero-order valence-electron chi connectivity index (χ0n) is 15.2. The van der Waals surface area contributed by atoms with Crippen LogP contribution < -0.4 is 11.0 Å². The average Bonchev–Trinajstić information content (AvgIpc) is 3.06. The van der Waals surface area contributed by atoms with Crippen LogP contribution in [0.2, 0.25) is 0 Å². The third-order valence-corrected chi connectivity index (χ3v) is 5.28. The molecule has 2 aromatic rings. The van der Waals surface area contributed by atoms with Crippen LogP contribution in [-0.2, 0) is 16.8 Å². The van der Waals surface area contributed by atoms with Gasteiger partial charge in [0.1, 0.15) is 12.4 Å². The van der Waals surface area contributed by atoms with E-state index >= 15 is 0 Å². The summed E-state index contributed by atoms with van der Waals surface area (Å²) in [7, 11) is 0. The molecule has 138 valence electrons. The van der Waals surface area contributed by atoms with E-state index in [1.165, 1.54) is 10.6 Å². The molecule has 0 bridgehead atoms. The maximum Gasteiger partial charge on any atom is 0.348 e. The van der Waals surface area contributed by atoms with Crippen LogP contribution in [0, 0.1) is 19.7 Å². The van der Waals surface area contributed by atoms with E-state index in [0.717, 1.165) is 25.7 Å². The van der Waals surface area contributed by atoms with Crippen LogP contribution in [0.25, 0.3) is 0 Å². The highest BCUT2D eigenvalue weighted by Gasteiger charge is 2.37. The van der Waals surface area contributed by atoms with Gasteiger partial charge in [0.25, 0.3) is 0 Å². The molecular formula is C20H24FN3O2. The first-order chi connectivity index (χ1) is 12.4. The summed E-state index contributed by atoms with van der Waals surface area (Å²) in [5.41, 5.74) is 1.20. The van der Waals surface area contributed by atoms with Gasteiger partial charge in [-0.1, -0.05) is 31.0 Å². The predicted octanol–water partition coefficient (Wildman–Crippen LogP) is 2.63. The van der Waals surface area contributed by atoms with Crippen molar-refractivity contribution in [3.8, 4) is 0 Å². The van der Waals surface area contributed by atoms with Crippen molar-refractivity contribution in [3.05, 3.63) is 63.6 Å². The lowest BCUT2D eigenvalue weighted by molar-refractivity contribution is -0.122. The van der Waals surface area contributed by atoms with E-state index in [0.29, 0.717) is 23.5 Å². The molecule has 1 aromatic heterocycles. The number of carbonyl (C=O) groups is 1. The van der Waals surface area contributed by atoms with Crippen molar-refractivity contribution in [3.63, 3.8) is 0 Å². The lowest BCUT2D eigenvalue weighted by Gasteiger charge is -2.30. The smallest absolute Gasteiger partial charge is 0.348 e. The van der Waals surface area contributed by atoms with Crippen molar-refractivity contribution in [2.45, 2.75) is 51.5 Å². The zero-order chi connectivity index (χ0) is 18.7. The van der Waals surface area contributed by atoms with E-state index < -0.39 is 5.69 Å². The molecule has 26 heavy (non-hydrogen) atoms. The first kappa shape index (κ1) is 18.3. The standard InChI is InChI=1S/C20H24FN3O2/c1-14-11-15(2)24(19(26)23-14)12-18(25)22-13-20(9-5-6-10-20)16-7-3-4-8-17(16)21/h3-4,7-8,11H,5-6,9-10,12-13H2,1-2H3,(H,22,25). The summed E-state index contributed by atoms with van der Waals surface area (Å²) in [6.07, 6.45) is 3.73. The van der Waals surface area contributed by atoms with Crippen LogP contribution in [0.1, 0.15) is 42.6 Å². The minimum absolute atomic E-state index is 0.0781. The number of benzene rings is 1. The van der Waals surface area contributed by atoms with Crippen molar-refractivity contribution in [2.24, 2.45) is 0 Å². The maximum absolute atomic E-state index is 14.3. The number of carbonyl (C=O) groups excluding carboxylic acids is 1. The molecule has 1 saturated carbocycles. The van der Waals surface area contributed by atoms with Crippen LogP contribution in [0.15, 0.2) is 35.1 Å². The Kier molecular flexibility index (Phi) is 5.20. The molecule has 0 atom stereocenters. The topological polar surface area (TPSA) is 64.0 Å². The van der Waals surface area contributed by atoms with Crippen LogP contribution in [-0.4, -0.2) is 22.0 Å². The minimum Gasteiger partial charge on any atom is -0.354 e. The molecule has 0 aliphatic heterocycles. The number of amides is 1. The molecule has 1 aromatic carbocycles. The second-order valence-corrected chi connectivity index (χ2v) is 7.15. The first-order valence-corrected chi connectivity index (χ1v) is 8.98. The fourth-order valence-electron chi connectivity index (χ4n) is 3.92. The summed E-state index contributed by atoms with van der Waals surface area (Å²) in [4.78, 5) is 28.3. The van der Waals surface area contributed by atoms with Crippen LogP contribution in [0.3, 0.4) is 0 Å². The van der Waals surface area contributed by atoms with Gasteiger partial charge in [-0.3, -0.25) is 9.36 Å². The third kappa shape index (κ3) is 3.69. The van der Waals surface area contributed by atoms with Gasteiger partial charge in [-0.05, 0) is 44.4 Å². The fourth-order valence-corrected chi connectivity index (χ4v) is 3.92. The Labute approximate surface area is 152 Å². The van der Waals surface area contributed by atoms with Gasteiger partial charge in [0, 0.05) is 23.3 Å². The number of hydrogen-bond acceptors (Lipinski definition) is 3. The highest BCUT2D eigenvalue weighted by molar-refractivity contribution is 5.76. The lowest BCUT2D eigenvalue weighted by atomic mass is 9.78. The summed E-state index contributed by atoms with van der Waals surface area (Å²) < 4.78 is 15.7. The van der Waals surface area contributed by atoms with Gasteiger partial charge < -0.3 is 5.32 Å². The molecule has 0 saturated heterocycles. The molecule has 5 nitrogen and oxygen atoms in total. The third-order valence-electron chi connectivity index (χ3n) is 5.28. The number of nitrogens with zero attached hydrogens (tertiary/aromatic N) is 2. The normalized spacial score (nSPS) is 15.8. The molecule has 1 fully saturated rings. The van der Waals surface area contributed by atoms with E-state index in [1.54, 1.807) is 26.0 Å². The summed E-state index contributed by atoms with van der Waals surface area (Å²) in [5, 5.41) is 2.92. The summed E-state index contributed by atoms with van der Waals surface area (Å²) >= 11 is 0. The molecular weight excluding hydrogens is 333 g/mol. The molecule has 0 spiro atoms. The zero-order valence-corrected chi connectivity index (χ0v) is 15.2. The molecule has 6 heteroatoms. The summed E-state index contributed by atoms with van der Waals surface area (Å²) in [5.74, 6) is -0.484. The van der Waals surface area contributed by atoms with Crippen LogP contribution in [0.4, 0.5) is 4.39 Å². The van der Waals surface area contributed by atoms with Crippen molar-refractivity contribution in [1.82, 2.24) is 14.9 Å². The Morgan fingerprint density at radius 2 is 1.96 bits per heavy atom. The summed E-state index contributed by atoms with van der Waals surface area (Å²) in [6.45, 7) is 3.82. The Hall–Kier alpha value is -2.50. The number of nitrogens with one attached hydrogen (secondary N) is 1. The number of hydrogen-bond donors (Lipinski definition) is 1. The molecule has 0 radical (unpaired) electrons. The fraction of sp³-hybridized carbons (Fsp3) is 0.450. The average molecular weight is 357 g/mol. The van der Waals surface area contributed by atoms with Crippen molar-refractivity contribution in [1.29, 1.82) is 0 Å². The first-order valence-electron chi connectivity index (χ1n) is 8.98. The molecule has 1 amide bonds. The van der Waals surface area contributed by atoms with Crippen LogP contribution >= 0.6 is 0 Å². The highest BCUT2D eigenvalue weighted by atomic mass is 19.1. The van der Waals surface area contributed by atoms with Gasteiger partial charge in [-0.15, -0.1) is 0 Å². The van der Waals surface area contributed by atoms with E-state index in [-0.39, 0.29) is 23.7 Å². The quantitative estimate of drug-likeness (QED) is 0.895. The lowest BCUT2D eigenvalue weighted by Crippen LogP contribution is -2.42. The molecule has 0 unspecified atom stereocenters. The monoisotopic (exact) mass is 357 g/mol. The van der Waals surface area contributed by atoms with Gasteiger partial charge in [0.05, 0.1) is 0 Å². The molecule has 1 aliphatic rings. The van der Waals surface area contributed by atoms with E-state index in [4.69, 9.17) is 0 Å². The SMILES string of the molecule is Cc1cc(C)n(CC(=O)NCC2(c3ccccc3F)CCCC2)c(=O)n1. The van der Waals surface area contributed by atoms with E-state index in [9.17, 15) is 14.0 Å². The molecule has 3 rings (SSSR count). The maximum atomic E-state index is 14.3.